The lowest BCUT2D eigenvalue weighted by Crippen LogP contribution is -2.13. The maximum Gasteiger partial charge on any atom is 0.343 e. The van der Waals surface area contributed by atoms with Crippen molar-refractivity contribution in [2.45, 2.75) is 6.92 Å². The van der Waals surface area contributed by atoms with Crippen LogP contribution in [-0.2, 0) is 4.79 Å². The molecule has 0 aliphatic heterocycles. The number of esters is 1. The minimum atomic E-state index is -0.586. The Morgan fingerprint density at radius 1 is 0.968 bits per heavy atom. The fourth-order valence-corrected chi connectivity index (χ4v) is 2.87. The van der Waals surface area contributed by atoms with Crippen molar-refractivity contribution in [3.63, 3.8) is 0 Å². The third-order valence-electron chi connectivity index (χ3n) is 4.23. The van der Waals surface area contributed by atoms with Gasteiger partial charge in [-0.2, -0.15) is 5.26 Å². The van der Waals surface area contributed by atoms with Crippen LogP contribution in [0.2, 0.25) is 10.0 Å². The molecule has 1 amide bonds. The molecule has 1 N–H and O–H groups in total. The molecule has 0 spiro atoms. The van der Waals surface area contributed by atoms with Crippen molar-refractivity contribution < 1.29 is 14.3 Å². The van der Waals surface area contributed by atoms with Crippen molar-refractivity contribution in [1.82, 2.24) is 0 Å². The summed E-state index contributed by atoms with van der Waals surface area (Å²) >= 11 is 11.8. The number of rotatable bonds is 5. The molecule has 0 aliphatic carbocycles. The number of nitrogens with zero attached hydrogens (tertiary/aromatic N) is 1. The fourth-order valence-electron chi connectivity index (χ4n) is 2.57. The van der Waals surface area contributed by atoms with Gasteiger partial charge >= 0.3 is 5.97 Å². The summed E-state index contributed by atoms with van der Waals surface area (Å²) < 4.78 is 5.31. The molecule has 0 unspecified atom stereocenters. The number of amides is 1. The maximum absolute atomic E-state index is 12.4. The number of halogens is 2. The molecule has 3 aromatic rings. The number of anilines is 1. The number of nitrogens with one attached hydrogen (secondary N) is 1. The maximum atomic E-state index is 12.4. The molecule has 0 heterocycles. The molecule has 0 saturated carbocycles. The molecule has 5 nitrogen and oxygen atoms in total. The topological polar surface area (TPSA) is 79.2 Å². The van der Waals surface area contributed by atoms with E-state index in [4.69, 9.17) is 27.9 Å². The summed E-state index contributed by atoms with van der Waals surface area (Å²) in [6.45, 7) is 1.94. The highest BCUT2D eigenvalue weighted by Gasteiger charge is 2.12. The van der Waals surface area contributed by atoms with E-state index in [1.807, 2.05) is 25.1 Å². The Morgan fingerprint density at radius 2 is 1.65 bits per heavy atom. The van der Waals surface area contributed by atoms with Crippen LogP contribution in [0.4, 0.5) is 5.69 Å². The van der Waals surface area contributed by atoms with E-state index >= 15 is 0 Å². The first kappa shape index (κ1) is 22.1. The first-order valence-corrected chi connectivity index (χ1v) is 9.88. The van der Waals surface area contributed by atoms with Gasteiger partial charge < -0.3 is 10.1 Å². The smallest absolute Gasteiger partial charge is 0.343 e. The number of benzene rings is 3. The van der Waals surface area contributed by atoms with Crippen LogP contribution in [0.3, 0.4) is 0 Å². The predicted molar refractivity (Wildman–Crippen MR) is 121 cm³/mol. The second-order valence-electron chi connectivity index (χ2n) is 6.58. The van der Waals surface area contributed by atoms with Crippen LogP contribution < -0.4 is 10.1 Å². The van der Waals surface area contributed by atoms with Gasteiger partial charge in [0, 0.05) is 5.69 Å². The van der Waals surface area contributed by atoms with Gasteiger partial charge in [-0.25, -0.2) is 4.79 Å². The van der Waals surface area contributed by atoms with Crippen LogP contribution in [0.1, 0.15) is 21.5 Å². The number of nitriles is 1. The van der Waals surface area contributed by atoms with Crippen LogP contribution >= 0.6 is 23.2 Å². The van der Waals surface area contributed by atoms with Crippen LogP contribution in [0.15, 0.2) is 72.3 Å². The molecule has 0 saturated heterocycles. The van der Waals surface area contributed by atoms with Gasteiger partial charge in [-0.3, -0.25) is 4.79 Å². The standard InChI is InChI=1S/C24H16Cl2N2O3/c1-15-2-7-19(8-3-15)28-23(29)18(14-27)12-16-4-9-20(10-5-16)31-24(30)17-6-11-21(25)22(26)13-17/h2-13H,1H3,(H,28,29)/b18-12-. The number of ether oxygens (including phenoxy) is 1. The van der Waals surface area contributed by atoms with Gasteiger partial charge in [0.15, 0.2) is 0 Å². The number of carbonyl (C=O) groups excluding carboxylic acids is 2. The zero-order valence-electron chi connectivity index (χ0n) is 16.4. The van der Waals surface area contributed by atoms with Gasteiger partial charge in [-0.05, 0) is 61.0 Å². The average Bonchev–Trinajstić information content (AvgIpc) is 2.76. The SMILES string of the molecule is Cc1ccc(NC(=O)/C(C#N)=C\c2ccc(OC(=O)c3ccc(Cl)c(Cl)c3)cc2)cc1. The fraction of sp³-hybridized carbons (Fsp3) is 0.0417. The summed E-state index contributed by atoms with van der Waals surface area (Å²) in [5.41, 5.74) is 2.47. The molecule has 31 heavy (non-hydrogen) atoms. The Hall–Kier alpha value is -3.59. The van der Waals surface area contributed by atoms with Gasteiger partial charge in [0.2, 0.25) is 0 Å². The van der Waals surface area contributed by atoms with Gasteiger partial charge in [0.05, 0.1) is 15.6 Å². The predicted octanol–water partition coefficient (Wildman–Crippen LogP) is 6.07. The van der Waals surface area contributed by atoms with E-state index in [1.54, 1.807) is 36.4 Å². The highest BCUT2D eigenvalue weighted by atomic mass is 35.5. The zero-order valence-corrected chi connectivity index (χ0v) is 17.9. The van der Waals surface area contributed by atoms with E-state index in [9.17, 15) is 14.9 Å². The van der Waals surface area contributed by atoms with E-state index in [1.165, 1.54) is 24.3 Å². The first-order valence-electron chi connectivity index (χ1n) is 9.13. The minimum absolute atomic E-state index is 0.0545. The van der Waals surface area contributed by atoms with Crippen LogP contribution in [0.25, 0.3) is 6.08 Å². The van der Waals surface area contributed by atoms with E-state index < -0.39 is 11.9 Å². The van der Waals surface area contributed by atoms with Crippen LogP contribution in [-0.4, -0.2) is 11.9 Å². The Bertz CT molecular complexity index is 1190. The molecular formula is C24H16Cl2N2O3. The summed E-state index contributed by atoms with van der Waals surface area (Å²) in [6.07, 6.45) is 1.45. The first-order chi connectivity index (χ1) is 14.9. The second kappa shape index (κ2) is 9.94. The number of hydrogen-bond donors (Lipinski definition) is 1. The van der Waals surface area contributed by atoms with Gasteiger partial charge in [-0.15, -0.1) is 0 Å². The number of carbonyl (C=O) groups is 2. The third kappa shape index (κ3) is 5.95. The lowest BCUT2D eigenvalue weighted by atomic mass is 10.1. The Morgan fingerprint density at radius 3 is 2.26 bits per heavy atom. The molecule has 3 aromatic carbocycles. The molecule has 7 heteroatoms. The second-order valence-corrected chi connectivity index (χ2v) is 7.39. The molecule has 0 atom stereocenters. The quantitative estimate of drug-likeness (QED) is 0.221. The number of aryl methyl sites for hydroxylation is 1. The normalized spacial score (nSPS) is 10.8. The molecule has 0 aromatic heterocycles. The minimum Gasteiger partial charge on any atom is -0.423 e. The zero-order chi connectivity index (χ0) is 22.4. The van der Waals surface area contributed by atoms with Crippen molar-refractivity contribution in [3.8, 4) is 11.8 Å². The summed E-state index contributed by atoms with van der Waals surface area (Å²) in [6, 6.07) is 20.0. The molecule has 154 valence electrons. The van der Waals surface area contributed by atoms with Crippen LogP contribution in [0.5, 0.6) is 5.75 Å². The van der Waals surface area contributed by atoms with E-state index in [0.717, 1.165) is 5.56 Å². The van der Waals surface area contributed by atoms with Crippen LogP contribution in [0, 0.1) is 18.3 Å². The van der Waals surface area contributed by atoms with Crippen molar-refractivity contribution in [2.24, 2.45) is 0 Å². The average molecular weight is 451 g/mol. The lowest BCUT2D eigenvalue weighted by Gasteiger charge is -2.06. The molecular weight excluding hydrogens is 435 g/mol. The summed E-state index contributed by atoms with van der Waals surface area (Å²) in [5.74, 6) is -0.797. The number of hydrogen-bond acceptors (Lipinski definition) is 4. The Kier molecular flexibility index (Phi) is 7.09. The molecule has 0 aliphatic rings. The lowest BCUT2D eigenvalue weighted by molar-refractivity contribution is -0.112. The molecule has 0 bridgehead atoms. The highest BCUT2D eigenvalue weighted by Crippen LogP contribution is 2.24. The van der Waals surface area contributed by atoms with Gasteiger partial charge in [0.25, 0.3) is 5.91 Å². The summed E-state index contributed by atoms with van der Waals surface area (Å²) in [7, 11) is 0. The largest absolute Gasteiger partial charge is 0.423 e. The molecule has 0 fully saturated rings. The van der Waals surface area contributed by atoms with Crippen molar-refractivity contribution in [3.05, 3.63) is 99.0 Å². The van der Waals surface area contributed by atoms with Crippen molar-refractivity contribution in [2.75, 3.05) is 5.32 Å². The van der Waals surface area contributed by atoms with Gasteiger partial charge in [0.1, 0.15) is 17.4 Å². The van der Waals surface area contributed by atoms with Gasteiger partial charge in [-0.1, -0.05) is 53.0 Å². The van der Waals surface area contributed by atoms with Crippen molar-refractivity contribution in [1.29, 1.82) is 5.26 Å². The monoisotopic (exact) mass is 450 g/mol. The van der Waals surface area contributed by atoms with E-state index in [2.05, 4.69) is 5.32 Å². The van der Waals surface area contributed by atoms with Crippen molar-refractivity contribution >= 4 is 46.8 Å². The Balaban J connectivity index is 1.69. The molecule has 3 rings (SSSR count). The third-order valence-corrected chi connectivity index (χ3v) is 4.97. The Labute approximate surface area is 189 Å². The summed E-state index contributed by atoms with van der Waals surface area (Å²) in [4.78, 5) is 24.6. The highest BCUT2D eigenvalue weighted by molar-refractivity contribution is 6.42. The van der Waals surface area contributed by atoms with E-state index in [-0.39, 0.29) is 16.2 Å². The summed E-state index contributed by atoms with van der Waals surface area (Å²) in [5, 5.41) is 12.6. The van der Waals surface area contributed by atoms with E-state index in [0.29, 0.717) is 22.0 Å². The molecule has 0 radical (unpaired) electrons.